The molecule has 1 aromatic carbocycles. The Morgan fingerprint density at radius 3 is 2.64 bits per heavy atom. The number of hydrogen-bond acceptors (Lipinski definition) is 2. The number of benzene rings is 1. The molecule has 0 aliphatic heterocycles. The summed E-state index contributed by atoms with van der Waals surface area (Å²) >= 11 is 0. The van der Waals surface area contributed by atoms with E-state index in [1.165, 1.54) is 5.01 Å². The summed E-state index contributed by atoms with van der Waals surface area (Å²) in [6.45, 7) is 3.90. The van der Waals surface area contributed by atoms with Gasteiger partial charge in [0.2, 0.25) is 5.91 Å². The molecule has 0 bridgehead atoms. The van der Waals surface area contributed by atoms with Crippen LogP contribution in [0.5, 0.6) is 0 Å². The molecule has 3 heteroatoms. The first-order valence-electron chi connectivity index (χ1n) is 4.44. The Balaban J connectivity index is 2.53. The van der Waals surface area contributed by atoms with E-state index in [9.17, 15) is 4.79 Å². The summed E-state index contributed by atoms with van der Waals surface area (Å²) in [6.07, 6.45) is 1.94. The molecule has 0 radical (unpaired) electrons. The normalized spacial score (nSPS) is 9.50. The second kappa shape index (κ2) is 5.19. The summed E-state index contributed by atoms with van der Waals surface area (Å²) in [4.78, 5) is 11.5. The number of amides is 1. The maximum Gasteiger partial charge on any atom is 0.241 e. The van der Waals surface area contributed by atoms with Gasteiger partial charge in [0, 0.05) is 0 Å². The number of nitrogens with two attached hydrogens (primary N) is 1. The van der Waals surface area contributed by atoms with Crippen LogP contribution in [0.3, 0.4) is 0 Å². The predicted octanol–water partition coefficient (Wildman–Crippen LogP) is 1.12. The van der Waals surface area contributed by atoms with Gasteiger partial charge in [-0.1, -0.05) is 36.4 Å². The topological polar surface area (TPSA) is 46.3 Å². The summed E-state index contributed by atoms with van der Waals surface area (Å²) in [6, 6.07) is 9.52. The lowest BCUT2D eigenvalue weighted by atomic mass is 10.1. The number of hydrogen-bond donors (Lipinski definition) is 1. The van der Waals surface area contributed by atoms with E-state index in [1.807, 2.05) is 30.3 Å². The molecule has 0 heterocycles. The van der Waals surface area contributed by atoms with E-state index in [-0.39, 0.29) is 5.91 Å². The summed E-state index contributed by atoms with van der Waals surface area (Å²) in [7, 11) is 0. The average Bonchev–Trinajstić information content (AvgIpc) is 2.19. The van der Waals surface area contributed by atoms with Crippen molar-refractivity contribution < 1.29 is 4.79 Å². The summed E-state index contributed by atoms with van der Waals surface area (Å²) in [5, 5.41) is 1.17. The van der Waals surface area contributed by atoms with Gasteiger partial charge in [-0.05, 0) is 5.56 Å². The fourth-order valence-corrected chi connectivity index (χ4v) is 1.11. The van der Waals surface area contributed by atoms with E-state index in [0.717, 1.165) is 5.56 Å². The third kappa shape index (κ3) is 3.03. The van der Waals surface area contributed by atoms with E-state index in [4.69, 9.17) is 5.84 Å². The van der Waals surface area contributed by atoms with Crippen LogP contribution >= 0.6 is 0 Å². The molecule has 0 saturated carbocycles. The standard InChI is InChI=1S/C11H14N2O/c1-2-8-13(12)11(14)9-10-6-4-3-5-7-10/h2-7H,1,8-9,12H2. The minimum absolute atomic E-state index is 0.101. The number of nitrogens with zero attached hydrogens (tertiary/aromatic N) is 1. The van der Waals surface area contributed by atoms with Crippen molar-refractivity contribution in [3.05, 3.63) is 48.6 Å². The summed E-state index contributed by atoms with van der Waals surface area (Å²) in [5.74, 6) is 5.39. The van der Waals surface area contributed by atoms with E-state index in [1.54, 1.807) is 6.08 Å². The molecule has 0 aromatic heterocycles. The average molecular weight is 190 g/mol. The predicted molar refractivity (Wildman–Crippen MR) is 56.2 cm³/mol. The Morgan fingerprint density at radius 2 is 2.07 bits per heavy atom. The van der Waals surface area contributed by atoms with Gasteiger partial charge in [-0.3, -0.25) is 9.80 Å². The fraction of sp³-hybridized carbons (Fsp3) is 0.182. The quantitative estimate of drug-likeness (QED) is 0.334. The van der Waals surface area contributed by atoms with Crippen molar-refractivity contribution in [1.82, 2.24) is 5.01 Å². The third-order valence-electron chi connectivity index (χ3n) is 1.84. The van der Waals surface area contributed by atoms with Crippen LogP contribution in [0.4, 0.5) is 0 Å². The highest BCUT2D eigenvalue weighted by molar-refractivity contribution is 5.78. The third-order valence-corrected chi connectivity index (χ3v) is 1.84. The van der Waals surface area contributed by atoms with Gasteiger partial charge in [0.05, 0.1) is 13.0 Å². The lowest BCUT2D eigenvalue weighted by Crippen LogP contribution is -2.38. The van der Waals surface area contributed by atoms with Crippen LogP contribution < -0.4 is 5.84 Å². The summed E-state index contributed by atoms with van der Waals surface area (Å²) in [5.41, 5.74) is 0.969. The maximum atomic E-state index is 11.5. The molecule has 2 N–H and O–H groups in total. The molecule has 1 aromatic rings. The molecule has 14 heavy (non-hydrogen) atoms. The fourth-order valence-electron chi connectivity index (χ4n) is 1.11. The zero-order valence-electron chi connectivity index (χ0n) is 8.02. The first-order valence-corrected chi connectivity index (χ1v) is 4.44. The van der Waals surface area contributed by atoms with Gasteiger partial charge in [0.1, 0.15) is 0 Å². The highest BCUT2D eigenvalue weighted by atomic mass is 16.2. The lowest BCUT2D eigenvalue weighted by Gasteiger charge is -2.13. The van der Waals surface area contributed by atoms with Gasteiger partial charge in [-0.2, -0.15) is 0 Å². The van der Waals surface area contributed by atoms with Gasteiger partial charge >= 0.3 is 0 Å². The molecule has 0 saturated heterocycles. The monoisotopic (exact) mass is 190 g/mol. The van der Waals surface area contributed by atoms with Crippen LogP contribution in [-0.4, -0.2) is 17.5 Å². The molecule has 1 rings (SSSR count). The van der Waals surface area contributed by atoms with Crippen molar-refractivity contribution in [3.63, 3.8) is 0 Å². The van der Waals surface area contributed by atoms with Crippen molar-refractivity contribution in [3.8, 4) is 0 Å². The Bertz CT molecular complexity index is 308. The zero-order chi connectivity index (χ0) is 10.4. The van der Waals surface area contributed by atoms with Crippen LogP contribution in [0, 0.1) is 0 Å². The van der Waals surface area contributed by atoms with Crippen molar-refractivity contribution in [2.24, 2.45) is 5.84 Å². The molecule has 1 amide bonds. The van der Waals surface area contributed by atoms with Crippen LogP contribution in [0.2, 0.25) is 0 Å². The van der Waals surface area contributed by atoms with E-state index >= 15 is 0 Å². The molecular weight excluding hydrogens is 176 g/mol. The van der Waals surface area contributed by atoms with Crippen LogP contribution in [-0.2, 0) is 11.2 Å². The van der Waals surface area contributed by atoms with Gasteiger partial charge in [0.25, 0.3) is 0 Å². The highest BCUT2D eigenvalue weighted by Crippen LogP contribution is 2.00. The van der Waals surface area contributed by atoms with E-state index in [0.29, 0.717) is 13.0 Å². The molecule has 0 aliphatic carbocycles. The first kappa shape index (κ1) is 10.5. The Kier molecular flexibility index (Phi) is 3.88. The number of rotatable bonds is 4. The van der Waals surface area contributed by atoms with Crippen molar-refractivity contribution in [2.75, 3.05) is 6.54 Å². The SMILES string of the molecule is C=CCN(N)C(=O)Cc1ccccc1. The molecule has 0 spiro atoms. The number of carbonyl (C=O) groups is 1. The Morgan fingerprint density at radius 1 is 1.43 bits per heavy atom. The van der Waals surface area contributed by atoms with Crippen molar-refractivity contribution in [1.29, 1.82) is 0 Å². The molecule has 0 fully saturated rings. The zero-order valence-corrected chi connectivity index (χ0v) is 8.02. The van der Waals surface area contributed by atoms with Gasteiger partial charge in [-0.25, -0.2) is 5.84 Å². The Labute approximate surface area is 83.8 Å². The van der Waals surface area contributed by atoms with Crippen LogP contribution in [0.25, 0.3) is 0 Å². The minimum atomic E-state index is -0.101. The molecule has 0 atom stereocenters. The van der Waals surface area contributed by atoms with E-state index < -0.39 is 0 Å². The smallest absolute Gasteiger partial charge is 0.241 e. The molecule has 74 valence electrons. The Hall–Kier alpha value is -1.61. The van der Waals surface area contributed by atoms with E-state index in [2.05, 4.69) is 6.58 Å². The van der Waals surface area contributed by atoms with Crippen LogP contribution in [0.1, 0.15) is 5.56 Å². The molecular formula is C11H14N2O. The molecule has 3 nitrogen and oxygen atoms in total. The second-order valence-electron chi connectivity index (χ2n) is 3.00. The largest absolute Gasteiger partial charge is 0.277 e. The lowest BCUT2D eigenvalue weighted by molar-refractivity contribution is -0.130. The van der Waals surface area contributed by atoms with Gasteiger partial charge in [0.15, 0.2) is 0 Å². The second-order valence-corrected chi connectivity index (χ2v) is 3.00. The number of carbonyl (C=O) groups excluding carboxylic acids is 1. The van der Waals surface area contributed by atoms with Crippen molar-refractivity contribution >= 4 is 5.91 Å². The number of hydrazine groups is 1. The first-order chi connectivity index (χ1) is 6.74. The summed E-state index contributed by atoms with van der Waals surface area (Å²) < 4.78 is 0. The molecule has 0 aliphatic rings. The van der Waals surface area contributed by atoms with Crippen molar-refractivity contribution in [2.45, 2.75) is 6.42 Å². The maximum absolute atomic E-state index is 11.5. The highest BCUT2D eigenvalue weighted by Gasteiger charge is 2.07. The minimum Gasteiger partial charge on any atom is -0.277 e. The van der Waals surface area contributed by atoms with Gasteiger partial charge < -0.3 is 0 Å². The van der Waals surface area contributed by atoms with Crippen LogP contribution in [0.15, 0.2) is 43.0 Å². The van der Waals surface area contributed by atoms with Gasteiger partial charge in [-0.15, -0.1) is 6.58 Å². The molecule has 0 unspecified atom stereocenters.